The molecule has 1 aliphatic rings. The number of aromatic nitrogens is 2. The molecule has 0 saturated heterocycles. The molecule has 25 heavy (non-hydrogen) atoms. The Bertz CT molecular complexity index is 1050. The van der Waals surface area contributed by atoms with Gasteiger partial charge in [0.1, 0.15) is 11.5 Å². The first-order valence-corrected chi connectivity index (χ1v) is 7.71. The minimum Gasteiger partial charge on any atom is -0.376 e. The first-order valence-electron chi connectivity index (χ1n) is 7.71. The Morgan fingerprint density at radius 2 is 2.16 bits per heavy atom. The monoisotopic (exact) mass is 340 g/mol. The largest absolute Gasteiger partial charge is 0.376 e. The quantitative estimate of drug-likeness (QED) is 0.562. The number of nitrogens with zero attached hydrogens (tertiary/aromatic N) is 2. The van der Waals surface area contributed by atoms with E-state index >= 15 is 0 Å². The van der Waals surface area contributed by atoms with Crippen molar-refractivity contribution in [3.05, 3.63) is 74.6 Å². The van der Waals surface area contributed by atoms with E-state index in [9.17, 15) is 19.3 Å². The number of H-pyrrole nitrogens is 1. The van der Waals surface area contributed by atoms with Crippen LogP contribution in [0.4, 0.5) is 15.8 Å². The Morgan fingerprint density at radius 1 is 1.32 bits per heavy atom. The average molecular weight is 340 g/mol. The van der Waals surface area contributed by atoms with E-state index in [-0.39, 0.29) is 28.9 Å². The third-order valence-electron chi connectivity index (χ3n) is 4.36. The van der Waals surface area contributed by atoms with Crippen LogP contribution in [0.25, 0.3) is 10.9 Å². The smallest absolute Gasteiger partial charge is 0.293 e. The molecule has 2 N–H and O–H groups in total. The molecule has 0 aliphatic heterocycles. The van der Waals surface area contributed by atoms with Crippen molar-refractivity contribution in [1.82, 2.24) is 9.97 Å². The van der Waals surface area contributed by atoms with Gasteiger partial charge in [0.05, 0.1) is 22.2 Å². The first-order chi connectivity index (χ1) is 12.0. The average Bonchev–Trinajstić information content (AvgIpc) is 3.34. The second kappa shape index (κ2) is 5.66. The number of rotatable bonds is 4. The van der Waals surface area contributed by atoms with Gasteiger partial charge in [-0.15, -0.1) is 0 Å². The van der Waals surface area contributed by atoms with Crippen LogP contribution in [0.1, 0.15) is 17.9 Å². The fraction of sp³-hybridized carbons (Fsp3) is 0.176. The lowest BCUT2D eigenvalue weighted by molar-refractivity contribution is -0.383. The Kier molecular flexibility index (Phi) is 3.45. The van der Waals surface area contributed by atoms with E-state index in [1.54, 1.807) is 6.07 Å². The highest BCUT2D eigenvalue weighted by Crippen LogP contribution is 2.44. The van der Waals surface area contributed by atoms with Crippen LogP contribution in [0.15, 0.2) is 47.5 Å². The summed E-state index contributed by atoms with van der Waals surface area (Å²) in [7, 11) is 0. The molecule has 1 fully saturated rings. The number of halogens is 1. The summed E-state index contributed by atoms with van der Waals surface area (Å²) in [6, 6.07) is 9.04. The predicted molar refractivity (Wildman–Crippen MR) is 90.2 cm³/mol. The van der Waals surface area contributed by atoms with E-state index in [0.29, 0.717) is 11.2 Å². The van der Waals surface area contributed by atoms with Gasteiger partial charge < -0.3 is 10.3 Å². The summed E-state index contributed by atoms with van der Waals surface area (Å²) in [5.41, 5.74) is 0.925. The minimum atomic E-state index is -0.534. The van der Waals surface area contributed by atoms with Gasteiger partial charge in [0.25, 0.3) is 11.2 Å². The van der Waals surface area contributed by atoms with E-state index < -0.39 is 10.5 Å². The fourth-order valence-electron chi connectivity index (χ4n) is 3.03. The topological polar surface area (TPSA) is 101 Å². The number of benzene rings is 2. The second-order valence-corrected chi connectivity index (χ2v) is 6.02. The molecule has 1 aromatic heterocycles. The lowest BCUT2D eigenvalue weighted by Gasteiger charge is -2.08. The van der Waals surface area contributed by atoms with Gasteiger partial charge in [-0.2, -0.15) is 0 Å². The van der Waals surface area contributed by atoms with Gasteiger partial charge in [-0.25, -0.2) is 9.37 Å². The molecule has 1 aliphatic carbocycles. The van der Waals surface area contributed by atoms with Crippen molar-refractivity contribution >= 4 is 22.3 Å². The van der Waals surface area contributed by atoms with Crippen molar-refractivity contribution in [3.63, 3.8) is 0 Å². The van der Waals surface area contributed by atoms with Gasteiger partial charge in [0.2, 0.25) is 0 Å². The molecule has 2 aromatic carbocycles. The molecule has 2 atom stereocenters. The number of anilines is 1. The van der Waals surface area contributed by atoms with E-state index in [4.69, 9.17) is 0 Å². The third-order valence-corrected chi connectivity index (χ3v) is 4.36. The Balaban J connectivity index is 1.67. The number of fused-ring (bicyclic) bond motifs is 1. The molecule has 126 valence electrons. The van der Waals surface area contributed by atoms with Crippen LogP contribution >= 0.6 is 0 Å². The summed E-state index contributed by atoms with van der Waals surface area (Å²) in [6.45, 7) is 0. The molecule has 0 spiro atoms. The lowest BCUT2D eigenvalue weighted by Crippen LogP contribution is -2.10. The minimum absolute atomic E-state index is 0.0278. The van der Waals surface area contributed by atoms with Crippen LogP contribution in [0, 0.1) is 15.9 Å². The standard InChI is InChI=1S/C17H13FN4O3/c18-10-3-1-2-9(4-10)11-5-14(11)21-15-7-13-12(6-16(15)22(24)25)17(23)20-8-19-13/h1-4,6-8,11,14,21H,5H2,(H,19,20,23)/t11-,14+/m0/s1. The second-order valence-electron chi connectivity index (χ2n) is 6.02. The number of hydrogen-bond donors (Lipinski definition) is 2. The van der Waals surface area contributed by atoms with Gasteiger partial charge >= 0.3 is 0 Å². The zero-order valence-electron chi connectivity index (χ0n) is 12.9. The van der Waals surface area contributed by atoms with Gasteiger partial charge in [-0.3, -0.25) is 14.9 Å². The Hall–Kier alpha value is -3.29. The summed E-state index contributed by atoms with van der Waals surface area (Å²) in [5, 5.41) is 14.7. The number of hydrogen-bond acceptors (Lipinski definition) is 5. The highest BCUT2D eigenvalue weighted by Gasteiger charge is 2.39. The van der Waals surface area contributed by atoms with Crippen molar-refractivity contribution in [2.45, 2.75) is 18.4 Å². The van der Waals surface area contributed by atoms with Crippen molar-refractivity contribution in [2.75, 3.05) is 5.32 Å². The summed E-state index contributed by atoms with van der Waals surface area (Å²) in [5.74, 6) is -0.207. The molecule has 0 unspecified atom stereocenters. The van der Waals surface area contributed by atoms with Gasteiger partial charge in [-0.1, -0.05) is 12.1 Å². The summed E-state index contributed by atoms with van der Waals surface area (Å²) in [6.07, 6.45) is 2.01. The highest BCUT2D eigenvalue weighted by molar-refractivity contribution is 5.86. The van der Waals surface area contributed by atoms with E-state index in [0.717, 1.165) is 12.0 Å². The zero-order valence-corrected chi connectivity index (χ0v) is 12.9. The highest BCUT2D eigenvalue weighted by atomic mass is 19.1. The molecule has 1 heterocycles. The van der Waals surface area contributed by atoms with Gasteiger partial charge in [-0.05, 0) is 30.2 Å². The van der Waals surface area contributed by atoms with Crippen LogP contribution in [-0.2, 0) is 0 Å². The maximum atomic E-state index is 13.3. The van der Waals surface area contributed by atoms with Crippen molar-refractivity contribution in [3.8, 4) is 0 Å². The third kappa shape index (κ3) is 2.82. The fourth-order valence-corrected chi connectivity index (χ4v) is 3.03. The van der Waals surface area contributed by atoms with Crippen molar-refractivity contribution < 1.29 is 9.31 Å². The maximum absolute atomic E-state index is 13.3. The van der Waals surface area contributed by atoms with Crippen LogP contribution in [0.3, 0.4) is 0 Å². The van der Waals surface area contributed by atoms with E-state index in [1.165, 1.54) is 30.6 Å². The molecular weight excluding hydrogens is 327 g/mol. The molecule has 7 nitrogen and oxygen atoms in total. The molecule has 3 aromatic rings. The molecule has 0 amide bonds. The number of aromatic amines is 1. The van der Waals surface area contributed by atoms with Crippen LogP contribution in [-0.4, -0.2) is 20.9 Å². The Labute approximate surface area is 140 Å². The Morgan fingerprint density at radius 3 is 2.92 bits per heavy atom. The van der Waals surface area contributed by atoms with Crippen LogP contribution in [0.2, 0.25) is 0 Å². The molecule has 1 saturated carbocycles. The van der Waals surface area contributed by atoms with Gasteiger partial charge in [0.15, 0.2) is 0 Å². The van der Waals surface area contributed by atoms with E-state index in [1.807, 2.05) is 6.07 Å². The first kappa shape index (κ1) is 15.3. The normalized spacial score (nSPS) is 18.9. The van der Waals surface area contributed by atoms with Crippen molar-refractivity contribution in [1.29, 1.82) is 0 Å². The zero-order chi connectivity index (χ0) is 17.6. The molecular formula is C17H13FN4O3. The lowest BCUT2D eigenvalue weighted by atomic mass is 10.1. The number of nitro benzene ring substituents is 1. The predicted octanol–water partition coefficient (Wildman–Crippen LogP) is 2.94. The van der Waals surface area contributed by atoms with Crippen molar-refractivity contribution in [2.24, 2.45) is 0 Å². The van der Waals surface area contributed by atoms with E-state index in [2.05, 4.69) is 15.3 Å². The summed E-state index contributed by atoms with van der Waals surface area (Å²) >= 11 is 0. The summed E-state index contributed by atoms with van der Waals surface area (Å²) in [4.78, 5) is 29.1. The molecule has 4 rings (SSSR count). The maximum Gasteiger partial charge on any atom is 0.293 e. The SMILES string of the molecule is O=c1[nH]cnc2cc(N[C@@H]3C[C@H]3c3cccc(F)c3)c([N+](=O)[O-])cc12. The number of nitro groups is 1. The molecule has 8 heteroatoms. The van der Waals surface area contributed by atoms with Crippen LogP contribution < -0.4 is 10.9 Å². The van der Waals surface area contributed by atoms with Crippen LogP contribution in [0.5, 0.6) is 0 Å². The van der Waals surface area contributed by atoms with Gasteiger partial charge in [0, 0.05) is 18.0 Å². The molecule has 0 radical (unpaired) electrons. The summed E-state index contributed by atoms with van der Waals surface area (Å²) < 4.78 is 13.3. The number of nitrogens with one attached hydrogen (secondary N) is 2. The molecule has 0 bridgehead atoms.